The molecule has 0 N–H and O–H groups in total. The van der Waals surface area contributed by atoms with E-state index >= 15 is 0 Å². The summed E-state index contributed by atoms with van der Waals surface area (Å²) in [4.78, 5) is 25.2. The predicted molar refractivity (Wildman–Crippen MR) is 81.3 cm³/mol. The van der Waals surface area contributed by atoms with E-state index in [1.807, 2.05) is 6.07 Å². The van der Waals surface area contributed by atoms with Crippen molar-refractivity contribution in [3.8, 4) is 18.1 Å². The second-order valence-corrected chi connectivity index (χ2v) is 5.12. The number of methoxy groups -OCH3 is 1. The number of benzene rings is 1. The van der Waals surface area contributed by atoms with Crippen molar-refractivity contribution in [3.05, 3.63) is 42.0 Å². The average Bonchev–Trinajstić information content (AvgIpc) is 2.53. The molecule has 21 heavy (non-hydrogen) atoms. The van der Waals surface area contributed by atoms with Gasteiger partial charge in [-0.3, -0.25) is 9.59 Å². The van der Waals surface area contributed by atoms with Crippen LogP contribution in [-0.4, -0.2) is 18.7 Å². The minimum Gasteiger partial charge on any atom is -0.496 e. The Morgan fingerprint density at radius 1 is 1.57 bits per heavy atom. The van der Waals surface area contributed by atoms with Gasteiger partial charge in [-0.25, -0.2) is 0 Å². The first-order valence-corrected chi connectivity index (χ1v) is 6.93. The smallest absolute Gasteiger partial charge is 0.188 e. The lowest BCUT2D eigenvalue weighted by Gasteiger charge is -2.31. The zero-order valence-electron chi connectivity index (χ0n) is 12.1. The summed E-state index contributed by atoms with van der Waals surface area (Å²) in [7, 11) is 1.57. The lowest BCUT2D eigenvalue weighted by Crippen LogP contribution is -2.42. The van der Waals surface area contributed by atoms with E-state index in [4.69, 9.17) is 11.2 Å². The van der Waals surface area contributed by atoms with Gasteiger partial charge < -0.3 is 4.74 Å². The molecule has 0 unspecified atom stereocenters. The molecule has 2 rings (SSSR count). The summed E-state index contributed by atoms with van der Waals surface area (Å²) in [6, 6.07) is 5.27. The van der Waals surface area contributed by atoms with Gasteiger partial charge in [0.25, 0.3) is 0 Å². The highest BCUT2D eigenvalue weighted by Gasteiger charge is 2.47. The molecule has 0 aromatic heterocycles. The van der Waals surface area contributed by atoms with E-state index in [9.17, 15) is 9.59 Å². The SMILES string of the molecule is C#C[C@]1(C(=O)CCC=C)CCc2c(OC)cccc2C1=O. The van der Waals surface area contributed by atoms with Crippen molar-refractivity contribution >= 4 is 11.6 Å². The van der Waals surface area contributed by atoms with Crippen LogP contribution in [0, 0.1) is 17.8 Å². The third-order valence-electron chi connectivity index (χ3n) is 4.03. The average molecular weight is 282 g/mol. The molecule has 1 aromatic carbocycles. The maximum absolute atomic E-state index is 12.8. The lowest BCUT2D eigenvalue weighted by atomic mass is 9.67. The van der Waals surface area contributed by atoms with Crippen LogP contribution in [0.3, 0.4) is 0 Å². The van der Waals surface area contributed by atoms with Crippen LogP contribution in [0.25, 0.3) is 0 Å². The number of hydrogen-bond donors (Lipinski definition) is 0. The Balaban J connectivity index is 2.45. The van der Waals surface area contributed by atoms with Crippen LogP contribution in [0.4, 0.5) is 0 Å². The first kappa shape index (κ1) is 15.1. The van der Waals surface area contributed by atoms with E-state index in [2.05, 4.69) is 12.5 Å². The molecule has 1 aliphatic carbocycles. The largest absolute Gasteiger partial charge is 0.496 e. The number of carbonyl (C=O) groups excluding carboxylic acids is 2. The van der Waals surface area contributed by atoms with Gasteiger partial charge in [0.1, 0.15) is 5.75 Å². The maximum Gasteiger partial charge on any atom is 0.188 e. The molecule has 0 radical (unpaired) electrons. The van der Waals surface area contributed by atoms with E-state index in [0.29, 0.717) is 30.6 Å². The van der Waals surface area contributed by atoms with Crippen molar-refractivity contribution in [1.29, 1.82) is 0 Å². The molecule has 3 heteroatoms. The Labute approximate surface area is 125 Å². The van der Waals surface area contributed by atoms with Gasteiger partial charge in [-0.05, 0) is 25.3 Å². The van der Waals surface area contributed by atoms with Gasteiger partial charge in [-0.2, -0.15) is 0 Å². The zero-order chi connectivity index (χ0) is 15.5. The van der Waals surface area contributed by atoms with Gasteiger partial charge in [0.15, 0.2) is 17.0 Å². The number of ketones is 2. The fraction of sp³-hybridized carbons (Fsp3) is 0.333. The van der Waals surface area contributed by atoms with E-state index < -0.39 is 5.41 Å². The second-order valence-electron chi connectivity index (χ2n) is 5.12. The Hall–Kier alpha value is -2.34. The lowest BCUT2D eigenvalue weighted by molar-refractivity contribution is -0.124. The molecule has 0 fully saturated rings. The number of hydrogen-bond acceptors (Lipinski definition) is 3. The van der Waals surface area contributed by atoms with Crippen LogP contribution in [0.1, 0.15) is 35.2 Å². The number of fused-ring (bicyclic) bond motifs is 1. The summed E-state index contributed by atoms with van der Waals surface area (Å²) in [6.45, 7) is 3.60. The number of allylic oxidation sites excluding steroid dienone is 1. The standard InChI is InChI=1S/C18H18O3/c1-4-6-10-16(19)18(5-2)12-11-13-14(17(18)20)8-7-9-15(13)21-3/h2,4,7-9H,1,6,10-12H2,3H3/t18-/m1/s1. The van der Waals surface area contributed by atoms with E-state index in [0.717, 1.165) is 5.56 Å². The van der Waals surface area contributed by atoms with Crippen LogP contribution >= 0.6 is 0 Å². The Kier molecular flexibility index (Phi) is 4.28. The van der Waals surface area contributed by atoms with Gasteiger partial charge in [0, 0.05) is 17.5 Å². The maximum atomic E-state index is 12.8. The molecule has 3 nitrogen and oxygen atoms in total. The van der Waals surface area contributed by atoms with E-state index in [-0.39, 0.29) is 18.0 Å². The number of Topliss-reactive ketones (excluding diaryl/α,β-unsaturated/α-hetero) is 2. The molecular formula is C18H18O3. The number of rotatable bonds is 5. The van der Waals surface area contributed by atoms with Crippen LogP contribution in [0.5, 0.6) is 5.75 Å². The molecule has 0 aliphatic heterocycles. The molecule has 0 bridgehead atoms. The summed E-state index contributed by atoms with van der Waals surface area (Å²) in [5.74, 6) is 2.68. The van der Waals surface area contributed by atoms with Crippen LogP contribution in [-0.2, 0) is 11.2 Å². The topological polar surface area (TPSA) is 43.4 Å². The normalized spacial score (nSPS) is 20.3. The fourth-order valence-electron chi connectivity index (χ4n) is 2.81. The number of carbonyl (C=O) groups is 2. The first-order valence-electron chi connectivity index (χ1n) is 6.93. The molecule has 108 valence electrons. The van der Waals surface area contributed by atoms with Crippen molar-refractivity contribution in [1.82, 2.24) is 0 Å². The van der Waals surface area contributed by atoms with E-state index in [1.165, 1.54) is 0 Å². The Morgan fingerprint density at radius 3 is 2.95 bits per heavy atom. The first-order chi connectivity index (χ1) is 10.1. The van der Waals surface area contributed by atoms with Gasteiger partial charge >= 0.3 is 0 Å². The predicted octanol–water partition coefficient (Wildman–Crippen LogP) is 2.98. The molecule has 0 amide bonds. The number of ether oxygens (including phenoxy) is 1. The second kappa shape index (κ2) is 5.97. The van der Waals surface area contributed by atoms with Crippen LogP contribution in [0.15, 0.2) is 30.9 Å². The molecule has 1 aromatic rings. The Bertz CT molecular complexity index is 636. The van der Waals surface area contributed by atoms with Crippen molar-refractivity contribution in [2.45, 2.75) is 25.7 Å². The Morgan fingerprint density at radius 2 is 2.33 bits per heavy atom. The summed E-state index contributed by atoms with van der Waals surface area (Å²) in [5.41, 5.74) is 0.0143. The van der Waals surface area contributed by atoms with Gasteiger partial charge in [0.05, 0.1) is 7.11 Å². The third-order valence-corrected chi connectivity index (χ3v) is 4.03. The third kappa shape index (κ3) is 2.38. The molecule has 1 aliphatic rings. The summed E-state index contributed by atoms with van der Waals surface area (Å²) < 4.78 is 5.29. The van der Waals surface area contributed by atoms with E-state index in [1.54, 1.807) is 25.3 Å². The monoisotopic (exact) mass is 282 g/mol. The van der Waals surface area contributed by atoms with Crippen molar-refractivity contribution in [2.24, 2.45) is 5.41 Å². The minimum absolute atomic E-state index is 0.191. The van der Waals surface area contributed by atoms with Crippen molar-refractivity contribution in [3.63, 3.8) is 0 Å². The van der Waals surface area contributed by atoms with Gasteiger partial charge in [0.2, 0.25) is 0 Å². The highest BCUT2D eigenvalue weighted by Crippen LogP contribution is 2.40. The summed E-state index contributed by atoms with van der Waals surface area (Å²) in [5, 5.41) is 0. The zero-order valence-corrected chi connectivity index (χ0v) is 12.1. The quantitative estimate of drug-likeness (QED) is 0.474. The minimum atomic E-state index is -1.33. The molecule has 0 spiro atoms. The highest BCUT2D eigenvalue weighted by molar-refractivity contribution is 6.18. The van der Waals surface area contributed by atoms with Gasteiger partial charge in [-0.15, -0.1) is 13.0 Å². The highest BCUT2D eigenvalue weighted by atomic mass is 16.5. The molecule has 0 saturated heterocycles. The van der Waals surface area contributed by atoms with Crippen molar-refractivity contribution < 1.29 is 14.3 Å². The number of terminal acetylenes is 1. The van der Waals surface area contributed by atoms with Crippen molar-refractivity contribution in [2.75, 3.05) is 7.11 Å². The molecule has 0 saturated carbocycles. The van der Waals surface area contributed by atoms with Crippen LogP contribution < -0.4 is 4.74 Å². The molecular weight excluding hydrogens is 264 g/mol. The fourth-order valence-corrected chi connectivity index (χ4v) is 2.81. The summed E-state index contributed by atoms with van der Waals surface area (Å²) >= 11 is 0. The molecule has 1 atom stereocenters. The van der Waals surface area contributed by atoms with Crippen LogP contribution in [0.2, 0.25) is 0 Å². The van der Waals surface area contributed by atoms with Gasteiger partial charge in [-0.1, -0.05) is 24.1 Å². The molecule has 0 heterocycles. The summed E-state index contributed by atoms with van der Waals surface area (Å²) in [6.07, 6.45) is 8.92.